The summed E-state index contributed by atoms with van der Waals surface area (Å²) in [6.07, 6.45) is 4.49. The quantitative estimate of drug-likeness (QED) is 0.911. The number of rotatable bonds is 4. The first kappa shape index (κ1) is 15.6. The summed E-state index contributed by atoms with van der Waals surface area (Å²) in [5, 5.41) is 10.4. The molecule has 0 saturated carbocycles. The lowest BCUT2D eigenvalue weighted by Gasteiger charge is -2.37. The van der Waals surface area contributed by atoms with Crippen LogP contribution in [0.5, 0.6) is 0 Å². The Hall–Kier alpha value is -2.30. The molecule has 3 rings (SSSR count). The van der Waals surface area contributed by atoms with Crippen molar-refractivity contribution < 1.29 is 14.7 Å². The van der Waals surface area contributed by atoms with Crippen LogP contribution >= 0.6 is 0 Å². The van der Waals surface area contributed by atoms with Crippen LogP contribution in [-0.2, 0) is 16.0 Å². The molecule has 1 amide bonds. The number of para-hydroxylation sites is 1. The molecule has 2 N–H and O–H groups in total. The molecule has 2 aromatic rings. The average molecular weight is 314 g/mol. The van der Waals surface area contributed by atoms with Gasteiger partial charge in [-0.1, -0.05) is 31.5 Å². The standard InChI is InChI=1S/C18H22N2O3/c1-2-12-7-8-16(18(22)23)20(11-12)17(21)9-13-10-19-15-6-4-3-5-14(13)15/h3-6,10,12,16,19H,2,7-9,11H2,1H3,(H,22,23)/t12-,16-/m1/s1. The maximum Gasteiger partial charge on any atom is 0.326 e. The van der Waals surface area contributed by atoms with Crippen molar-refractivity contribution in [2.75, 3.05) is 6.54 Å². The van der Waals surface area contributed by atoms with Crippen molar-refractivity contribution in [2.24, 2.45) is 5.92 Å². The first-order valence-electron chi connectivity index (χ1n) is 8.17. The number of hydrogen-bond acceptors (Lipinski definition) is 2. The van der Waals surface area contributed by atoms with Gasteiger partial charge in [0.25, 0.3) is 0 Å². The number of H-pyrrole nitrogens is 1. The molecular formula is C18H22N2O3. The van der Waals surface area contributed by atoms with E-state index in [2.05, 4.69) is 11.9 Å². The van der Waals surface area contributed by atoms with Gasteiger partial charge in [0.05, 0.1) is 6.42 Å². The van der Waals surface area contributed by atoms with Crippen LogP contribution < -0.4 is 0 Å². The lowest BCUT2D eigenvalue weighted by Crippen LogP contribution is -2.51. The van der Waals surface area contributed by atoms with Crippen LogP contribution in [0.3, 0.4) is 0 Å². The fourth-order valence-electron chi connectivity index (χ4n) is 3.45. The number of aliphatic carboxylic acids is 1. The van der Waals surface area contributed by atoms with Gasteiger partial charge in [0.1, 0.15) is 6.04 Å². The maximum atomic E-state index is 12.7. The molecule has 0 spiro atoms. The number of carbonyl (C=O) groups is 2. The summed E-state index contributed by atoms with van der Waals surface area (Å²) in [6, 6.07) is 7.15. The highest BCUT2D eigenvalue weighted by atomic mass is 16.4. The summed E-state index contributed by atoms with van der Waals surface area (Å²) in [5.74, 6) is -0.593. The molecule has 1 aromatic carbocycles. The average Bonchev–Trinajstić information content (AvgIpc) is 2.97. The van der Waals surface area contributed by atoms with Gasteiger partial charge in [0.2, 0.25) is 5.91 Å². The molecule has 0 unspecified atom stereocenters. The predicted molar refractivity (Wildman–Crippen MR) is 88.2 cm³/mol. The van der Waals surface area contributed by atoms with Crippen molar-refractivity contribution in [3.63, 3.8) is 0 Å². The fraction of sp³-hybridized carbons (Fsp3) is 0.444. The zero-order valence-corrected chi connectivity index (χ0v) is 13.3. The van der Waals surface area contributed by atoms with E-state index in [1.54, 1.807) is 4.90 Å². The molecule has 2 heterocycles. The third-order valence-corrected chi connectivity index (χ3v) is 4.88. The number of aromatic amines is 1. The lowest BCUT2D eigenvalue weighted by molar-refractivity contribution is -0.153. The Morgan fingerprint density at radius 1 is 1.30 bits per heavy atom. The third kappa shape index (κ3) is 3.09. The van der Waals surface area contributed by atoms with Crippen LogP contribution in [0.2, 0.25) is 0 Å². The summed E-state index contributed by atoms with van der Waals surface area (Å²) in [6.45, 7) is 2.64. The Bertz CT molecular complexity index is 722. The number of nitrogens with one attached hydrogen (secondary N) is 1. The predicted octanol–water partition coefficient (Wildman–Crippen LogP) is 2.81. The third-order valence-electron chi connectivity index (χ3n) is 4.88. The number of carboxylic acid groups (broad SMARTS) is 1. The Balaban J connectivity index is 1.81. The number of carboxylic acids is 1. The summed E-state index contributed by atoms with van der Waals surface area (Å²) in [4.78, 5) is 28.9. The molecule has 122 valence electrons. The first-order chi connectivity index (χ1) is 11.1. The molecule has 1 saturated heterocycles. The number of hydrogen-bond donors (Lipinski definition) is 2. The Kier molecular flexibility index (Phi) is 4.37. The zero-order valence-electron chi connectivity index (χ0n) is 13.3. The molecule has 23 heavy (non-hydrogen) atoms. The van der Waals surface area contributed by atoms with Crippen molar-refractivity contribution in [3.8, 4) is 0 Å². The Morgan fingerprint density at radius 2 is 2.09 bits per heavy atom. The van der Waals surface area contributed by atoms with Crippen LogP contribution in [0.4, 0.5) is 0 Å². The number of benzene rings is 1. The molecule has 5 nitrogen and oxygen atoms in total. The van der Waals surface area contributed by atoms with Crippen molar-refractivity contribution in [1.29, 1.82) is 0 Å². The SMILES string of the molecule is CC[C@@H]1CC[C@H](C(=O)O)N(C(=O)Cc2c[nH]c3ccccc23)C1. The minimum Gasteiger partial charge on any atom is -0.480 e. The summed E-state index contributed by atoms with van der Waals surface area (Å²) in [5.41, 5.74) is 1.92. The van der Waals surface area contributed by atoms with E-state index in [0.29, 0.717) is 18.9 Å². The van der Waals surface area contributed by atoms with Crippen molar-refractivity contribution in [2.45, 2.75) is 38.6 Å². The zero-order chi connectivity index (χ0) is 16.4. The number of likely N-dealkylation sites (tertiary alicyclic amines) is 1. The van der Waals surface area contributed by atoms with E-state index in [1.165, 1.54) is 0 Å². The maximum absolute atomic E-state index is 12.7. The number of nitrogens with zero attached hydrogens (tertiary/aromatic N) is 1. The van der Waals surface area contributed by atoms with Gasteiger partial charge in [0, 0.05) is 23.6 Å². The summed E-state index contributed by atoms with van der Waals surface area (Å²) >= 11 is 0. The van der Waals surface area contributed by atoms with Crippen molar-refractivity contribution >= 4 is 22.8 Å². The summed E-state index contributed by atoms with van der Waals surface area (Å²) < 4.78 is 0. The van der Waals surface area contributed by atoms with E-state index >= 15 is 0 Å². The van der Waals surface area contributed by atoms with E-state index < -0.39 is 12.0 Å². The Morgan fingerprint density at radius 3 is 2.83 bits per heavy atom. The van der Waals surface area contributed by atoms with Gasteiger partial charge in [-0.3, -0.25) is 4.79 Å². The van der Waals surface area contributed by atoms with Crippen LogP contribution in [-0.4, -0.2) is 39.5 Å². The largest absolute Gasteiger partial charge is 0.480 e. The smallest absolute Gasteiger partial charge is 0.326 e. The van der Waals surface area contributed by atoms with Crippen molar-refractivity contribution in [3.05, 3.63) is 36.0 Å². The molecule has 0 aliphatic carbocycles. The van der Waals surface area contributed by atoms with Gasteiger partial charge < -0.3 is 15.0 Å². The van der Waals surface area contributed by atoms with Gasteiger partial charge in [-0.25, -0.2) is 4.79 Å². The molecule has 5 heteroatoms. The highest BCUT2D eigenvalue weighted by molar-refractivity contribution is 5.90. The molecule has 0 bridgehead atoms. The monoisotopic (exact) mass is 314 g/mol. The second-order valence-corrected chi connectivity index (χ2v) is 6.29. The topological polar surface area (TPSA) is 73.4 Å². The minimum absolute atomic E-state index is 0.0969. The van der Waals surface area contributed by atoms with E-state index in [4.69, 9.17) is 0 Å². The van der Waals surface area contributed by atoms with Gasteiger partial charge in [-0.2, -0.15) is 0 Å². The number of amides is 1. The number of carbonyl (C=O) groups excluding carboxylic acids is 1. The molecule has 0 radical (unpaired) electrons. The minimum atomic E-state index is -0.896. The number of aromatic nitrogens is 1. The van der Waals surface area contributed by atoms with E-state index in [9.17, 15) is 14.7 Å². The van der Waals surface area contributed by atoms with Crippen LogP contribution in [0.15, 0.2) is 30.5 Å². The normalized spacial score (nSPS) is 21.5. The van der Waals surface area contributed by atoms with Crippen LogP contribution in [0.1, 0.15) is 31.7 Å². The van der Waals surface area contributed by atoms with Crippen LogP contribution in [0.25, 0.3) is 10.9 Å². The molecular weight excluding hydrogens is 292 g/mol. The number of fused-ring (bicyclic) bond motifs is 1. The molecule has 1 aliphatic rings. The van der Waals surface area contributed by atoms with Gasteiger partial charge in [-0.15, -0.1) is 0 Å². The fourth-order valence-corrected chi connectivity index (χ4v) is 3.45. The molecule has 1 fully saturated rings. The van der Waals surface area contributed by atoms with E-state index in [-0.39, 0.29) is 12.3 Å². The van der Waals surface area contributed by atoms with Gasteiger partial charge in [-0.05, 0) is 30.4 Å². The second-order valence-electron chi connectivity index (χ2n) is 6.29. The van der Waals surface area contributed by atoms with E-state index in [1.807, 2.05) is 30.5 Å². The molecule has 2 atom stereocenters. The number of piperidine rings is 1. The highest BCUT2D eigenvalue weighted by Crippen LogP contribution is 2.26. The first-order valence-corrected chi connectivity index (χ1v) is 8.17. The van der Waals surface area contributed by atoms with E-state index in [0.717, 1.165) is 29.3 Å². The van der Waals surface area contributed by atoms with Crippen LogP contribution in [0, 0.1) is 5.92 Å². The highest BCUT2D eigenvalue weighted by Gasteiger charge is 2.35. The Labute approximate surface area is 135 Å². The molecule has 1 aromatic heterocycles. The van der Waals surface area contributed by atoms with Gasteiger partial charge in [0.15, 0.2) is 0 Å². The summed E-state index contributed by atoms with van der Waals surface area (Å²) in [7, 11) is 0. The van der Waals surface area contributed by atoms with Crippen molar-refractivity contribution in [1.82, 2.24) is 9.88 Å². The second kappa shape index (κ2) is 6.44. The molecule has 1 aliphatic heterocycles. The van der Waals surface area contributed by atoms with Gasteiger partial charge >= 0.3 is 5.97 Å². The lowest BCUT2D eigenvalue weighted by atomic mass is 9.90.